The van der Waals surface area contributed by atoms with Crippen LogP contribution in [0.15, 0.2) is 18.2 Å². The number of aromatic hydroxyl groups is 2. The van der Waals surface area contributed by atoms with Crippen LogP contribution in [0.2, 0.25) is 0 Å². The zero-order chi connectivity index (χ0) is 13.1. The molecule has 0 fully saturated rings. The molecule has 4 N–H and O–H groups in total. The van der Waals surface area contributed by atoms with E-state index in [0.717, 1.165) is 6.07 Å². The maximum atomic E-state index is 11.8. The van der Waals surface area contributed by atoms with E-state index in [1.165, 1.54) is 12.1 Å². The van der Waals surface area contributed by atoms with Crippen LogP contribution >= 0.6 is 0 Å². The van der Waals surface area contributed by atoms with Gasteiger partial charge in [0.15, 0.2) is 0 Å². The lowest BCUT2D eigenvalue weighted by atomic mass is 10.0. The first kappa shape index (κ1) is 13.3. The number of hydrogen-bond acceptors (Lipinski definition) is 4. The van der Waals surface area contributed by atoms with Crippen molar-refractivity contribution in [3.05, 3.63) is 23.8 Å². The van der Waals surface area contributed by atoms with E-state index in [2.05, 4.69) is 5.32 Å². The van der Waals surface area contributed by atoms with Crippen molar-refractivity contribution in [3.63, 3.8) is 0 Å². The molecule has 1 aromatic rings. The Hall–Kier alpha value is -1.75. The molecular formula is C12H17NO4. The van der Waals surface area contributed by atoms with Gasteiger partial charge in [-0.2, -0.15) is 0 Å². The molecule has 0 aliphatic rings. The van der Waals surface area contributed by atoms with Gasteiger partial charge in [0.1, 0.15) is 11.5 Å². The molecule has 0 heterocycles. The Morgan fingerprint density at radius 1 is 1.35 bits per heavy atom. The van der Waals surface area contributed by atoms with Gasteiger partial charge in [-0.05, 0) is 32.4 Å². The van der Waals surface area contributed by atoms with Gasteiger partial charge in [0.05, 0.1) is 5.56 Å². The number of carbonyl (C=O) groups excluding carboxylic acids is 1. The standard InChI is InChI=1S/C12H17NO4/c1-12(2,5-6-14)13-11(17)9-4-3-8(15)7-10(9)16/h3-4,7,14-16H,5-6H2,1-2H3,(H,13,17). The summed E-state index contributed by atoms with van der Waals surface area (Å²) in [4.78, 5) is 11.8. The number of benzene rings is 1. The van der Waals surface area contributed by atoms with Gasteiger partial charge in [0.25, 0.3) is 5.91 Å². The van der Waals surface area contributed by atoms with Crippen LogP contribution in [0, 0.1) is 0 Å². The molecule has 0 unspecified atom stereocenters. The second-order valence-corrected chi connectivity index (χ2v) is 4.51. The smallest absolute Gasteiger partial charge is 0.255 e. The Morgan fingerprint density at radius 2 is 2.00 bits per heavy atom. The Bertz CT molecular complexity index is 415. The maximum absolute atomic E-state index is 11.8. The van der Waals surface area contributed by atoms with Crippen molar-refractivity contribution in [2.24, 2.45) is 0 Å². The Morgan fingerprint density at radius 3 is 2.53 bits per heavy atom. The molecule has 5 nitrogen and oxygen atoms in total. The minimum atomic E-state index is -0.559. The number of nitrogens with one attached hydrogen (secondary N) is 1. The molecule has 0 radical (unpaired) electrons. The minimum Gasteiger partial charge on any atom is -0.508 e. The number of carbonyl (C=O) groups is 1. The third kappa shape index (κ3) is 3.64. The van der Waals surface area contributed by atoms with E-state index >= 15 is 0 Å². The normalized spacial score (nSPS) is 11.2. The fraction of sp³-hybridized carbons (Fsp3) is 0.417. The van der Waals surface area contributed by atoms with E-state index < -0.39 is 11.4 Å². The van der Waals surface area contributed by atoms with Crippen LogP contribution in [-0.4, -0.2) is 33.4 Å². The second-order valence-electron chi connectivity index (χ2n) is 4.51. The summed E-state index contributed by atoms with van der Waals surface area (Å²) in [6, 6.07) is 3.77. The number of phenolic OH excluding ortho intramolecular Hbond substituents is 2. The molecule has 1 amide bonds. The molecule has 1 rings (SSSR count). The lowest BCUT2D eigenvalue weighted by molar-refractivity contribution is 0.0897. The fourth-order valence-electron chi connectivity index (χ4n) is 1.43. The molecular weight excluding hydrogens is 222 g/mol. The van der Waals surface area contributed by atoms with Gasteiger partial charge in [-0.3, -0.25) is 4.79 Å². The van der Waals surface area contributed by atoms with Crippen LogP contribution in [-0.2, 0) is 0 Å². The fourth-order valence-corrected chi connectivity index (χ4v) is 1.43. The number of rotatable bonds is 4. The van der Waals surface area contributed by atoms with Gasteiger partial charge in [0, 0.05) is 18.2 Å². The van der Waals surface area contributed by atoms with E-state index in [1.807, 2.05) is 0 Å². The van der Waals surface area contributed by atoms with Gasteiger partial charge >= 0.3 is 0 Å². The molecule has 5 heteroatoms. The Balaban J connectivity index is 2.83. The number of phenols is 2. The number of aliphatic hydroxyl groups excluding tert-OH is 1. The monoisotopic (exact) mass is 239 g/mol. The Labute approximate surface area is 99.7 Å². The van der Waals surface area contributed by atoms with Crippen molar-refractivity contribution in [2.75, 3.05) is 6.61 Å². The first-order chi connectivity index (χ1) is 7.85. The number of amides is 1. The zero-order valence-electron chi connectivity index (χ0n) is 9.90. The average Bonchev–Trinajstić information content (AvgIpc) is 2.15. The first-order valence-electron chi connectivity index (χ1n) is 5.31. The van der Waals surface area contributed by atoms with Gasteiger partial charge in [-0.1, -0.05) is 0 Å². The van der Waals surface area contributed by atoms with Gasteiger partial charge in [0.2, 0.25) is 0 Å². The van der Waals surface area contributed by atoms with Crippen LogP contribution in [0.3, 0.4) is 0 Å². The summed E-state index contributed by atoms with van der Waals surface area (Å²) in [7, 11) is 0. The van der Waals surface area contributed by atoms with Crippen molar-refractivity contribution in [2.45, 2.75) is 25.8 Å². The zero-order valence-corrected chi connectivity index (χ0v) is 9.90. The molecule has 0 atom stereocenters. The topological polar surface area (TPSA) is 89.8 Å². The summed E-state index contributed by atoms with van der Waals surface area (Å²) in [6.45, 7) is 3.52. The first-order valence-corrected chi connectivity index (χ1v) is 5.31. The van der Waals surface area contributed by atoms with E-state index in [0.29, 0.717) is 6.42 Å². The highest BCUT2D eigenvalue weighted by Gasteiger charge is 2.22. The van der Waals surface area contributed by atoms with E-state index in [1.54, 1.807) is 13.8 Å². The van der Waals surface area contributed by atoms with Crippen LogP contribution in [0.25, 0.3) is 0 Å². The van der Waals surface area contributed by atoms with Crippen molar-refractivity contribution in [1.82, 2.24) is 5.32 Å². The lowest BCUT2D eigenvalue weighted by Crippen LogP contribution is -2.44. The predicted octanol–water partition coefficient (Wildman–Crippen LogP) is 0.989. The molecule has 1 aromatic carbocycles. The van der Waals surface area contributed by atoms with Gasteiger partial charge in [-0.15, -0.1) is 0 Å². The molecule has 0 aromatic heterocycles. The van der Waals surface area contributed by atoms with Crippen LogP contribution in [0.4, 0.5) is 0 Å². The lowest BCUT2D eigenvalue weighted by Gasteiger charge is -2.25. The maximum Gasteiger partial charge on any atom is 0.255 e. The van der Waals surface area contributed by atoms with Gasteiger partial charge in [-0.25, -0.2) is 0 Å². The molecule has 0 bridgehead atoms. The summed E-state index contributed by atoms with van der Waals surface area (Å²) < 4.78 is 0. The summed E-state index contributed by atoms with van der Waals surface area (Å²) in [6.07, 6.45) is 0.414. The highest BCUT2D eigenvalue weighted by molar-refractivity contribution is 5.97. The SMILES string of the molecule is CC(C)(CCO)NC(=O)c1ccc(O)cc1O. The number of aliphatic hydroxyl groups is 1. The molecule has 0 saturated carbocycles. The quantitative estimate of drug-likeness (QED) is 0.630. The van der Waals surface area contributed by atoms with Crippen LogP contribution < -0.4 is 5.32 Å². The summed E-state index contributed by atoms with van der Waals surface area (Å²) >= 11 is 0. The highest BCUT2D eigenvalue weighted by Crippen LogP contribution is 2.23. The van der Waals surface area contributed by atoms with Crippen molar-refractivity contribution in [3.8, 4) is 11.5 Å². The highest BCUT2D eigenvalue weighted by atomic mass is 16.3. The molecule has 94 valence electrons. The summed E-state index contributed by atoms with van der Waals surface area (Å²) in [5.74, 6) is -0.822. The third-order valence-electron chi connectivity index (χ3n) is 2.41. The van der Waals surface area contributed by atoms with Crippen LogP contribution in [0.5, 0.6) is 11.5 Å². The predicted molar refractivity (Wildman–Crippen MR) is 63.0 cm³/mol. The minimum absolute atomic E-state index is 0.0329. The second kappa shape index (κ2) is 5.05. The van der Waals surface area contributed by atoms with E-state index in [-0.39, 0.29) is 23.7 Å². The largest absolute Gasteiger partial charge is 0.508 e. The van der Waals surface area contributed by atoms with E-state index in [9.17, 15) is 9.90 Å². The summed E-state index contributed by atoms with van der Waals surface area (Å²) in [5, 5.41) is 30.2. The Kier molecular flexibility index (Phi) is 3.96. The summed E-state index contributed by atoms with van der Waals surface area (Å²) in [5.41, 5.74) is -0.468. The van der Waals surface area contributed by atoms with E-state index in [4.69, 9.17) is 10.2 Å². The molecule has 0 aliphatic carbocycles. The van der Waals surface area contributed by atoms with Crippen molar-refractivity contribution >= 4 is 5.91 Å². The molecule has 17 heavy (non-hydrogen) atoms. The molecule has 0 saturated heterocycles. The van der Waals surface area contributed by atoms with Crippen molar-refractivity contribution < 1.29 is 20.1 Å². The average molecular weight is 239 g/mol. The van der Waals surface area contributed by atoms with Gasteiger partial charge < -0.3 is 20.6 Å². The van der Waals surface area contributed by atoms with Crippen molar-refractivity contribution in [1.29, 1.82) is 0 Å². The molecule has 0 aliphatic heterocycles. The molecule has 0 spiro atoms. The van der Waals surface area contributed by atoms with Crippen LogP contribution in [0.1, 0.15) is 30.6 Å². The third-order valence-corrected chi connectivity index (χ3v) is 2.41. The number of hydrogen-bond donors (Lipinski definition) is 4.